The molecule has 0 atom stereocenters. The number of aromatic nitrogens is 1. The lowest BCUT2D eigenvalue weighted by Crippen LogP contribution is -2.32. The summed E-state index contributed by atoms with van der Waals surface area (Å²) in [6, 6.07) is 3.04. The quantitative estimate of drug-likeness (QED) is 0.778. The van der Waals surface area contributed by atoms with Gasteiger partial charge in [0.05, 0.1) is 0 Å². The van der Waals surface area contributed by atoms with E-state index in [0.29, 0.717) is 0 Å². The highest BCUT2D eigenvalue weighted by Crippen LogP contribution is 2.44. The normalized spacial score (nSPS) is 21.2. The fraction of sp³-hybridized carbons (Fsp3) is 0.692. The molecule has 82 valence electrons. The average molecular weight is 204 g/mol. The van der Waals surface area contributed by atoms with Crippen LogP contribution in [0.1, 0.15) is 31.2 Å². The van der Waals surface area contributed by atoms with E-state index in [1.54, 1.807) is 0 Å². The Morgan fingerprint density at radius 3 is 2.47 bits per heavy atom. The first-order chi connectivity index (χ1) is 7.33. The van der Waals surface area contributed by atoms with Crippen molar-refractivity contribution in [2.75, 3.05) is 0 Å². The summed E-state index contributed by atoms with van der Waals surface area (Å²) < 4.78 is 2.13. The second kappa shape index (κ2) is 3.67. The minimum atomic E-state index is 0.824. The molecule has 0 radical (unpaired) electrons. The van der Waals surface area contributed by atoms with Crippen LogP contribution in [0.25, 0.3) is 0 Å². The van der Waals surface area contributed by atoms with Crippen LogP contribution in [0.4, 0.5) is 0 Å². The van der Waals surface area contributed by atoms with Crippen LogP contribution in [-0.4, -0.2) is 10.6 Å². The van der Waals surface area contributed by atoms with E-state index in [0.717, 1.165) is 24.4 Å². The van der Waals surface area contributed by atoms with Crippen molar-refractivity contribution in [2.24, 2.45) is 18.9 Å². The Labute approximate surface area is 91.7 Å². The van der Waals surface area contributed by atoms with Gasteiger partial charge in [0, 0.05) is 32.0 Å². The number of nitrogens with zero attached hydrogens (tertiary/aromatic N) is 1. The van der Waals surface area contributed by atoms with Crippen molar-refractivity contribution in [3.63, 3.8) is 0 Å². The van der Waals surface area contributed by atoms with Gasteiger partial charge in [-0.05, 0) is 49.1 Å². The lowest BCUT2D eigenvalue weighted by Gasteiger charge is -2.16. The van der Waals surface area contributed by atoms with Gasteiger partial charge in [-0.15, -0.1) is 0 Å². The lowest BCUT2D eigenvalue weighted by molar-refractivity contribution is 0.416. The molecule has 1 N–H and O–H groups in total. The summed E-state index contributed by atoms with van der Waals surface area (Å²) in [6.45, 7) is 1.05. The van der Waals surface area contributed by atoms with Crippen LogP contribution in [0, 0.1) is 11.8 Å². The highest BCUT2D eigenvalue weighted by atomic mass is 15.0. The second-order valence-corrected chi connectivity index (χ2v) is 5.27. The minimum Gasteiger partial charge on any atom is -0.357 e. The first-order valence-corrected chi connectivity index (χ1v) is 6.17. The van der Waals surface area contributed by atoms with E-state index in [1.165, 1.54) is 31.2 Å². The fourth-order valence-corrected chi connectivity index (χ4v) is 2.53. The van der Waals surface area contributed by atoms with Gasteiger partial charge in [-0.25, -0.2) is 0 Å². The van der Waals surface area contributed by atoms with Crippen molar-refractivity contribution in [3.8, 4) is 0 Å². The third kappa shape index (κ3) is 2.25. The van der Waals surface area contributed by atoms with Crippen molar-refractivity contribution in [1.82, 2.24) is 9.88 Å². The predicted molar refractivity (Wildman–Crippen MR) is 61.5 cm³/mol. The maximum atomic E-state index is 3.76. The fourth-order valence-electron chi connectivity index (χ4n) is 2.53. The molecule has 0 unspecified atom stereocenters. The van der Waals surface area contributed by atoms with Gasteiger partial charge in [0.25, 0.3) is 0 Å². The molecule has 0 aromatic carbocycles. The van der Waals surface area contributed by atoms with Gasteiger partial charge in [-0.3, -0.25) is 0 Å². The molecule has 0 aliphatic heterocycles. The molecule has 15 heavy (non-hydrogen) atoms. The Bertz CT molecular complexity index is 322. The van der Waals surface area contributed by atoms with Crippen molar-refractivity contribution in [2.45, 2.75) is 38.3 Å². The number of nitrogens with one attached hydrogen (secondary N) is 1. The first kappa shape index (κ1) is 9.46. The van der Waals surface area contributed by atoms with Crippen LogP contribution < -0.4 is 5.32 Å². The molecule has 2 fully saturated rings. The topological polar surface area (TPSA) is 17.0 Å². The van der Waals surface area contributed by atoms with E-state index >= 15 is 0 Å². The molecule has 2 nitrogen and oxygen atoms in total. The molecule has 0 amide bonds. The largest absolute Gasteiger partial charge is 0.357 e. The van der Waals surface area contributed by atoms with Crippen molar-refractivity contribution < 1.29 is 0 Å². The molecule has 0 bridgehead atoms. The zero-order valence-corrected chi connectivity index (χ0v) is 9.45. The Kier molecular flexibility index (Phi) is 2.32. The third-order valence-electron chi connectivity index (χ3n) is 3.69. The Hall–Kier alpha value is -0.760. The number of hydrogen-bond acceptors (Lipinski definition) is 1. The monoisotopic (exact) mass is 204 g/mol. The molecule has 0 saturated heterocycles. The van der Waals surface area contributed by atoms with Crippen LogP contribution >= 0.6 is 0 Å². The average Bonchev–Trinajstić information content (AvgIpc) is 3.09. The van der Waals surface area contributed by atoms with Gasteiger partial charge in [0.2, 0.25) is 0 Å². The molecule has 1 heterocycles. The van der Waals surface area contributed by atoms with Crippen LogP contribution in [0.15, 0.2) is 18.5 Å². The third-order valence-corrected chi connectivity index (χ3v) is 3.69. The molecule has 1 aromatic rings. The summed E-state index contributed by atoms with van der Waals surface area (Å²) in [5.41, 5.74) is 1.42. The number of hydrogen-bond donors (Lipinski definition) is 1. The van der Waals surface area contributed by atoms with Crippen molar-refractivity contribution in [3.05, 3.63) is 24.0 Å². The molecule has 1 aromatic heterocycles. The predicted octanol–water partition coefficient (Wildman–Crippen LogP) is 2.30. The summed E-state index contributed by atoms with van der Waals surface area (Å²) >= 11 is 0. The molecular weight excluding hydrogens is 184 g/mol. The Morgan fingerprint density at radius 1 is 1.33 bits per heavy atom. The molecule has 0 spiro atoms. The van der Waals surface area contributed by atoms with Gasteiger partial charge in [0.15, 0.2) is 0 Å². The highest BCUT2D eigenvalue weighted by Gasteiger charge is 2.40. The van der Waals surface area contributed by atoms with Gasteiger partial charge in [0.1, 0.15) is 0 Å². The smallest absolute Gasteiger partial charge is 0.0223 e. The van der Waals surface area contributed by atoms with Crippen LogP contribution in [0.3, 0.4) is 0 Å². The van der Waals surface area contributed by atoms with Gasteiger partial charge < -0.3 is 9.88 Å². The van der Waals surface area contributed by atoms with Crippen LogP contribution in [0.5, 0.6) is 0 Å². The zero-order chi connectivity index (χ0) is 10.3. The second-order valence-electron chi connectivity index (χ2n) is 5.27. The highest BCUT2D eigenvalue weighted by molar-refractivity contribution is 5.10. The standard InChI is InChI=1S/C13H20N2/c1-15-7-6-10(9-15)8-14-13(11-2-3-11)12-4-5-12/h6-7,9,11-14H,2-5,8H2,1H3. The molecule has 2 heteroatoms. The maximum absolute atomic E-state index is 3.76. The zero-order valence-electron chi connectivity index (χ0n) is 9.45. The molecular formula is C13H20N2. The number of aryl methyl sites for hydroxylation is 1. The summed E-state index contributed by atoms with van der Waals surface area (Å²) in [6.07, 6.45) is 10.2. The Morgan fingerprint density at radius 2 is 2.00 bits per heavy atom. The van der Waals surface area contributed by atoms with Gasteiger partial charge in [-0.1, -0.05) is 0 Å². The van der Waals surface area contributed by atoms with Crippen molar-refractivity contribution >= 4 is 0 Å². The van der Waals surface area contributed by atoms with Crippen molar-refractivity contribution in [1.29, 1.82) is 0 Å². The summed E-state index contributed by atoms with van der Waals surface area (Å²) in [7, 11) is 2.09. The molecule has 3 rings (SSSR count). The van der Waals surface area contributed by atoms with E-state index in [-0.39, 0.29) is 0 Å². The van der Waals surface area contributed by atoms with E-state index in [9.17, 15) is 0 Å². The minimum absolute atomic E-state index is 0.824. The van der Waals surface area contributed by atoms with Crippen LogP contribution in [0.2, 0.25) is 0 Å². The Balaban J connectivity index is 1.55. The summed E-state index contributed by atoms with van der Waals surface area (Å²) in [4.78, 5) is 0. The van der Waals surface area contributed by atoms with E-state index in [1.807, 2.05) is 0 Å². The lowest BCUT2D eigenvalue weighted by atomic mass is 10.1. The summed E-state index contributed by atoms with van der Waals surface area (Å²) in [5, 5.41) is 3.76. The SMILES string of the molecule is Cn1ccc(CNC(C2CC2)C2CC2)c1. The number of rotatable bonds is 5. The van der Waals surface area contributed by atoms with Gasteiger partial charge in [-0.2, -0.15) is 0 Å². The van der Waals surface area contributed by atoms with E-state index in [2.05, 4.69) is 35.4 Å². The van der Waals surface area contributed by atoms with E-state index in [4.69, 9.17) is 0 Å². The first-order valence-electron chi connectivity index (χ1n) is 6.17. The molecule has 2 aliphatic carbocycles. The van der Waals surface area contributed by atoms with Crippen LogP contribution in [-0.2, 0) is 13.6 Å². The molecule has 2 aliphatic rings. The maximum Gasteiger partial charge on any atom is 0.0223 e. The van der Waals surface area contributed by atoms with E-state index < -0.39 is 0 Å². The molecule has 2 saturated carbocycles. The summed E-state index contributed by atoms with van der Waals surface area (Å²) in [5.74, 6) is 2.00. The van der Waals surface area contributed by atoms with Gasteiger partial charge >= 0.3 is 0 Å².